The standard InChI is InChI=1S/C15H21N3O2S/c1-9(17-14(19)20-15(3,4)5)8-12-10(2)13-11(21-12)6-7-16-18-13/h6-7,9H,8H2,1-5H3,(H,17,19)/t9-/m0/s1. The molecule has 2 rings (SSSR count). The molecule has 5 nitrogen and oxygen atoms in total. The number of aromatic nitrogens is 2. The van der Waals surface area contributed by atoms with E-state index in [0.29, 0.717) is 0 Å². The molecule has 1 N–H and O–H groups in total. The van der Waals surface area contributed by atoms with Gasteiger partial charge in [-0.1, -0.05) is 0 Å². The molecule has 1 atom stereocenters. The second kappa shape index (κ2) is 5.97. The maximum Gasteiger partial charge on any atom is 0.407 e. The Kier molecular flexibility index (Phi) is 4.46. The highest BCUT2D eigenvalue weighted by atomic mass is 32.1. The number of nitrogens with one attached hydrogen (secondary N) is 1. The van der Waals surface area contributed by atoms with Gasteiger partial charge in [0.25, 0.3) is 0 Å². The van der Waals surface area contributed by atoms with Gasteiger partial charge in [0.15, 0.2) is 0 Å². The third-order valence-electron chi connectivity index (χ3n) is 2.95. The Hall–Kier alpha value is -1.69. The van der Waals surface area contributed by atoms with Crippen LogP contribution in [0.4, 0.5) is 4.79 Å². The monoisotopic (exact) mass is 307 g/mol. The molecule has 6 heteroatoms. The van der Waals surface area contributed by atoms with E-state index in [9.17, 15) is 4.79 Å². The minimum atomic E-state index is -0.479. The molecule has 0 bridgehead atoms. The highest BCUT2D eigenvalue weighted by Gasteiger charge is 2.19. The van der Waals surface area contributed by atoms with Gasteiger partial charge in [0, 0.05) is 17.3 Å². The molecule has 0 aromatic carbocycles. The van der Waals surface area contributed by atoms with Crippen molar-refractivity contribution in [3.05, 3.63) is 22.7 Å². The Morgan fingerprint density at radius 3 is 2.81 bits per heavy atom. The summed E-state index contributed by atoms with van der Waals surface area (Å²) in [6, 6.07) is 1.97. The predicted molar refractivity (Wildman–Crippen MR) is 84.7 cm³/mol. The van der Waals surface area contributed by atoms with E-state index in [0.717, 1.165) is 22.2 Å². The molecular formula is C15H21N3O2S. The van der Waals surface area contributed by atoms with E-state index < -0.39 is 5.60 Å². The summed E-state index contributed by atoms with van der Waals surface area (Å²) in [5, 5.41) is 11.0. The number of nitrogens with zero attached hydrogens (tertiary/aromatic N) is 2. The fourth-order valence-electron chi connectivity index (χ4n) is 2.04. The highest BCUT2D eigenvalue weighted by molar-refractivity contribution is 7.19. The Morgan fingerprint density at radius 1 is 1.48 bits per heavy atom. The summed E-state index contributed by atoms with van der Waals surface area (Å²) >= 11 is 1.70. The van der Waals surface area contributed by atoms with Crippen LogP contribution in [-0.2, 0) is 11.2 Å². The number of aryl methyl sites for hydroxylation is 1. The van der Waals surface area contributed by atoms with Crippen LogP contribution in [0.15, 0.2) is 12.3 Å². The fraction of sp³-hybridized carbons (Fsp3) is 0.533. The first kappa shape index (κ1) is 15.7. The number of thiophene rings is 1. The summed E-state index contributed by atoms with van der Waals surface area (Å²) in [7, 11) is 0. The molecular weight excluding hydrogens is 286 g/mol. The maximum absolute atomic E-state index is 11.8. The zero-order valence-corrected chi connectivity index (χ0v) is 13.9. The van der Waals surface area contributed by atoms with Gasteiger partial charge in [-0.3, -0.25) is 0 Å². The van der Waals surface area contributed by atoms with Crippen LogP contribution in [0.5, 0.6) is 0 Å². The van der Waals surface area contributed by atoms with Crippen LogP contribution in [0.3, 0.4) is 0 Å². The number of hydrogen-bond acceptors (Lipinski definition) is 5. The number of alkyl carbamates (subject to hydrolysis) is 1. The number of carbonyl (C=O) groups is 1. The normalized spacial score (nSPS) is 13.2. The van der Waals surface area contributed by atoms with Crippen molar-refractivity contribution < 1.29 is 9.53 Å². The van der Waals surface area contributed by atoms with E-state index in [4.69, 9.17) is 4.74 Å². The van der Waals surface area contributed by atoms with Crippen LogP contribution in [0.1, 0.15) is 38.1 Å². The van der Waals surface area contributed by atoms with Gasteiger partial charge >= 0.3 is 6.09 Å². The molecule has 0 radical (unpaired) electrons. The van der Waals surface area contributed by atoms with Crippen LogP contribution in [0.2, 0.25) is 0 Å². The van der Waals surface area contributed by atoms with Crippen molar-refractivity contribution in [3.63, 3.8) is 0 Å². The number of ether oxygens (including phenoxy) is 1. The average Bonchev–Trinajstić information content (AvgIpc) is 2.64. The SMILES string of the molecule is Cc1c(C[C@H](C)NC(=O)OC(C)(C)C)sc2ccnnc12. The molecule has 0 aliphatic carbocycles. The zero-order chi connectivity index (χ0) is 15.6. The van der Waals surface area contributed by atoms with Crippen molar-refractivity contribution in [2.45, 2.75) is 52.7 Å². The molecule has 0 fully saturated rings. The van der Waals surface area contributed by atoms with Crippen molar-refractivity contribution in [1.82, 2.24) is 15.5 Å². The highest BCUT2D eigenvalue weighted by Crippen LogP contribution is 2.29. The first-order valence-electron chi connectivity index (χ1n) is 6.95. The van der Waals surface area contributed by atoms with Crippen molar-refractivity contribution in [1.29, 1.82) is 0 Å². The quantitative estimate of drug-likeness (QED) is 0.943. The van der Waals surface area contributed by atoms with Crippen LogP contribution < -0.4 is 5.32 Å². The lowest BCUT2D eigenvalue weighted by Crippen LogP contribution is -2.38. The van der Waals surface area contributed by atoms with Crippen LogP contribution >= 0.6 is 11.3 Å². The third kappa shape index (κ3) is 4.14. The van der Waals surface area contributed by atoms with Gasteiger partial charge in [0.05, 0.1) is 10.9 Å². The van der Waals surface area contributed by atoms with Crippen molar-refractivity contribution in [2.75, 3.05) is 0 Å². The van der Waals surface area contributed by atoms with Gasteiger partial charge in [0.2, 0.25) is 0 Å². The summed E-state index contributed by atoms with van der Waals surface area (Å²) in [6.07, 6.45) is 2.07. The number of fused-ring (bicyclic) bond motifs is 1. The minimum Gasteiger partial charge on any atom is -0.444 e. The molecule has 1 amide bonds. The summed E-state index contributed by atoms with van der Waals surface area (Å²) in [4.78, 5) is 13.0. The van der Waals surface area contributed by atoms with Gasteiger partial charge in [-0.2, -0.15) is 5.10 Å². The number of amides is 1. The van der Waals surface area contributed by atoms with Crippen molar-refractivity contribution in [3.8, 4) is 0 Å². The number of rotatable bonds is 3. The van der Waals surface area contributed by atoms with Crippen LogP contribution in [0, 0.1) is 6.92 Å². The summed E-state index contributed by atoms with van der Waals surface area (Å²) in [6.45, 7) is 9.58. The van der Waals surface area contributed by atoms with Gasteiger partial charge in [0.1, 0.15) is 11.1 Å². The number of carbonyl (C=O) groups excluding carboxylic acids is 1. The molecule has 0 saturated carbocycles. The van der Waals surface area contributed by atoms with E-state index in [-0.39, 0.29) is 12.1 Å². The Bertz CT molecular complexity index is 646. The van der Waals surface area contributed by atoms with E-state index >= 15 is 0 Å². The molecule has 114 valence electrons. The lowest BCUT2D eigenvalue weighted by Gasteiger charge is -2.21. The molecule has 2 heterocycles. The summed E-state index contributed by atoms with van der Waals surface area (Å²) in [5.74, 6) is 0. The molecule has 0 aliphatic rings. The smallest absolute Gasteiger partial charge is 0.407 e. The second-order valence-electron chi connectivity index (χ2n) is 6.15. The summed E-state index contributed by atoms with van der Waals surface area (Å²) in [5.41, 5.74) is 1.61. The first-order chi connectivity index (χ1) is 9.76. The lowest BCUT2D eigenvalue weighted by atomic mass is 10.1. The summed E-state index contributed by atoms with van der Waals surface area (Å²) < 4.78 is 6.39. The zero-order valence-electron chi connectivity index (χ0n) is 13.1. The average molecular weight is 307 g/mol. The predicted octanol–water partition coefficient (Wildman–Crippen LogP) is 3.46. The first-order valence-corrected chi connectivity index (χ1v) is 7.77. The molecule has 0 saturated heterocycles. The Morgan fingerprint density at radius 2 is 2.19 bits per heavy atom. The third-order valence-corrected chi connectivity index (χ3v) is 4.21. The molecule has 0 aliphatic heterocycles. The largest absolute Gasteiger partial charge is 0.444 e. The Balaban J connectivity index is 2.03. The number of hydrogen-bond donors (Lipinski definition) is 1. The van der Waals surface area contributed by atoms with Gasteiger partial charge in [-0.15, -0.1) is 16.4 Å². The van der Waals surface area contributed by atoms with E-state index in [1.54, 1.807) is 17.5 Å². The van der Waals surface area contributed by atoms with E-state index in [1.807, 2.05) is 40.7 Å². The fourth-order valence-corrected chi connectivity index (χ4v) is 3.30. The second-order valence-corrected chi connectivity index (χ2v) is 7.28. The molecule has 0 spiro atoms. The van der Waals surface area contributed by atoms with Gasteiger partial charge in [-0.05, 0) is 46.2 Å². The lowest BCUT2D eigenvalue weighted by molar-refractivity contribution is 0.0508. The van der Waals surface area contributed by atoms with Crippen molar-refractivity contribution >= 4 is 27.6 Å². The van der Waals surface area contributed by atoms with Crippen LogP contribution in [0.25, 0.3) is 10.2 Å². The molecule has 0 unspecified atom stereocenters. The van der Waals surface area contributed by atoms with Gasteiger partial charge < -0.3 is 10.1 Å². The topological polar surface area (TPSA) is 64.1 Å². The van der Waals surface area contributed by atoms with E-state index in [1.165, 1.54) is 4.88 Å². The van der Waals surface area contributed by atoms with E-state index in [2.05, 4.69) is 15.5 Å². The van der Waals surface area contributed by atoms with Gasteiger partial charge in [-0.25, -0.2) is 4.79 Å². The van der Waals surface area contributed by atoms with Crippen LogP contribution in [-0.4, -0.2) is 27.9 Å². The van der Waals surface area contributed by atoms with Crippen molar-refractivity contribution in [2.24, 2.45) is 0 Å². The molecule has 21 heavy (non-hydrogen) atoms. The Labute approximate surface area is 128 Å². The molecule has 2 aromatic rings. The molecule has 2 aromatic heterocycles. The minimum absolute atomic E-state index is 0.000397. The maximum atomic E-state index is 11.8.